The number of halogens is 3. The first-order chi connectivity index (χ1) is 17.9. The van der Waals surface area contributed by atoms with Crippen molar-refractivity contribution < 1.29 is 32.7 Å². The number of nitrogens with zero attached hydrogens (tertiary/aromatic N) is 2. The molecule has 0 radical (unpaired) electrons. The van der Waals surface area contributed by atoms with E-state index in [0.717, 1.165) is 6.08 Å². The molecule has 2 heterocycles. The van der Waals surface area contributed by atoms with Crippen molar-refractivity contribution in [3.63, 3.8) is 0 Å². The fraction of sp³-hybridized carbons (Fsp3) is 0.292. The highest BCUT2D eigenvalue weighted by molar-refractivity contribution is 5.96. The van der Waals surface area contributed by atoms with Crippen molar-refractivity contribution in [1.29, 1.82) is 0 Å². The molecule has 6 N–H and O–H groups in total. The Labute approximate surface area is 213 Å². The summed E-state index contributed by atoms with van der Waals surface area (Å²) < 4.78 is 39.3. The number of anilines is 1. The molecule has 1 aromatic carbocycles. The van der Waals surface area contributed by atoms with Crippen LogP contribution in [0.4, 0.5) is 23.7 Å². The summed E-state index contributed by atoms with van der Waals surface area (Å²) in [5.74, 6) is -1.16. The number of carbonyl (C=O) groups is 3. The van der Waals surface area contributed by atoms with Crippen LogP contribution in [0.15, 0.2) is 53.5 Å². The predicted molar refractivity (Wildman–Crippen MR) is 131 cm³/mol. The predicted octanol–water partition coefficient (Wildman–Crippen LogP) is 2.66. The maximum atomic E-state index is 13.0. The molecule has 0 bridgehead atoms. The van der Waals surface area contributed by atoms with Crippen LogP contribution in [0.3, 0.4) is 0 Å². The number of fused-ring (bicyclic) bond motifs is 1. The number of carboxylic acid groups (broad SMARTS) is 1. The summed E-state index contributed by atoms with van der Waals surface area (Å²) >= 11 is 0. The Morgan fingerprint density at radius 1 is 1.21 bits per heavy atom. The van der Waals surface area contributed by atoms with Gasteiger partial charge in [-0.2, -0.15) is 13.2 Å². The molecule has 2 aromatic heterocycles. The Morgan fingerprint density at radius 2 is 1.97 bits per heavy atom. The molecule has 0 aliphatic carbocycles. The number of para-hydroxylation sites is 1. The van der Waals surface area contributed by atoms with Crippen molar-refractivity contribution >= 4 is 34.6 Å². The minimum absolute atomic E-state index is 0.00139. The lowest BCUT2D eigenvalue weighted by molar-refractivity contribution is -0.134. The standard InChI is InChI=1S/C24H25F3N6O5/c25-24(26,27)11-10-14-5-3-7-15-20(14)32-19(29-15)13-33-12-4-8-17(22(33)36)30-21(35)16(31-23(37)38)6-1-2-9-18(28)34/h2-5,7-9,12,16,31H,1,6,10-11,13H2,(H2,28,34)(H,29,32)(H,30,35)(H,37,38)/b9-2+/t16-/m0/s1. The van der Waals surface area contributed by atoms with E-state index in [4.69, 9.17) is 10.8 Å². The number of nitrogens with two attached hydrogens (primary N) is 1. The third-order valence-corrected chi connectivity index (χ3v) is 5.44. The smallest absolute Gasteiger partial charge is 0.405 e. The molecule has 0 saturated heterocycles. The molecule has 11 nitrogen and oxygen atoms in total. The first kappa shape index (κ1) is 28.0. The van der Waals surface area contributed by atoms with E-state index in [1.165, 1.54) is 29.0 Å². The number of amides is 3. The van der Waals surface area contributed by atoms with Crippen molar-refractivity contribution in [3.8, 4) is 0 Å². The number of alkyl halides is 3. The molecular weight excluding hydrogens is 509 g/mol. The average Bonchev–Trinajstić information content (AvgIpc) is 3.24. The number of pyridine rings is 1. The van der Waals surface area contributed by atoms with Crippen LogP contribution in [0.2, 0.25) is 0 Å². The molecule has 0 fully saturated rings. The van der Waals surface area contributed by atoms with Gasteiger partial charge in [-0.05, 0) is 49.1 Å². The largest absolute Gasteiger partial charge is 0.465 e. The van der Waals surface area contributed by atoms with Gasteiger partial charge in [0.05, 0.1) is 17.6 Å². The highest BCUT2D eigenvalue weighted by Crippen LogP contribution is 2.25. The Morgan fingerprint density at radius 3 is 2.66 bits per heavy atom. The number of aryl methyl sites for hydroxylation is 1. The van der Waals surface area contributed by atoms with Gasteiger partial charge in [0.1, 0.15) is 17.6 Å². The van der Waals surface area contributed by atoms with Gasteiger partial charge in [0.25, 0.3) is 5.56 Å². The summed E-state index contributed by atoms with van der Waals surface area (Å²) in [4.78, 5) is 54.9. The van der Waals surface area contributed by atoms with E-state index in [2.05, 4.69) is 20.6 Å². The summed E-state index contributed by atoms with van der Waals surface area (Å²) in [6, 6.07) is 6.45. The maximum Gasteiger partial charge on any atom is 0.405 e. The molecule has 202 valence electrons. The van der Waals surface area contributed by atoms with Crippen molar-refractivity contribution in [2.24, 2.45) is 5.73 Å². The van der Waals surface area contributed by atoms with Crippen LogP contribution in [0.5, 0.6) is 0 Å². The molecule has 3 amide bonds. The molecule has 3 aromatic rings. The van der Waals surface area contributed by atoms with Gasteiger partial charge in [-0.3, -0.25) is 14.4 Å². The first-order valence-electron chi connectivity index (χ1n) is 11.4. The number of allylic oxidation sites excluding steroid dienone is 1. The fourth-order valence-electron chi connectivity index (χ4n) is 3.71. The van der Waals surface area contributed by atoms with Crippen LogP contribution >= 0.6 is 0 Å². The van der Waals surface area contributed by atoms with E-state index in [1.807, 2.05) is 0 Å². The second kappa shape index (κ2) is 12.1. The van der Waals surface area contributed by atoms with E-state index < -0.39 is 42.1 Å². The van der Waals surface area contributed by atoms with Gasteiger partial charge in [0.15, 0.2) is 0 Å². The number of primary amides is 1. The van der Waals surface area contributed by atoms with Crippen molar-refractivity contribution in [3.05, 3.63) is 70.4 Å². The zero-order valence-electron chi connectivity index (χ0n) is 19.9. The zero-order valence-corrected chi connectivity index (χ0v) is 19.9. The summed E-state index contributed by atoms with van der Waals surface area (Å²) in [6.07, 6.45) is -2.90. The number of aromatic nitrogens is 3. The minimum atomic E-state index is -4.31. The lowest BCUT2D eigenvalue weighted by atomic mass is 10.1. The van der Waals surface area contributed by atoms with Gasteiger partial charge in [0, 0.05) is 12.6 Å². The van der Waals surface area contributed by atoms with Crippen LogP contribution in [0.25, 0.3) is 11.0 Å². The summed E-state index contributed by atoms with van der Waals surface area (Å²) in [7, 11) is 0. The van der Waals surface area contributed by atoms with Crippen LogP contribution in [0, 0.1) is 0 Å². The number of H-pyrrole nitrogens is 1. The first-order valence-corrected chi connectivity index (χ1v) is 11.4. The Kier molecular flexibility index (Phi) is 8.89. The molecular formula is C24H25F3N6O5. The van der Waals surface area contributed by atoms with Crippen molar-refractivity contribution in [2.45, 2.75) is 44.4 Å². The highest BCUT2D eigenvalue weighted by Gasteiger charge is 2.27. The monoisotopic (exact) mass is 534 g/mol. The molecule has 0 saturated carbocycles. The number of aromatic amines is 1. The van der Waals surface area contributed by atoms with Gasteiger partial charge in [-0.1, -0.05) is 18.2 Å². The number of hydrogen-bond acceptors (Lipinski definition) is 5. The van der Waals surface area contributed by atoms with E-state index in [0.29, 0.717) is 22.4 Å². The lowest BCUT2D eigenvalue weighted by Crippen LogP contribution is -2.44. The molecule has 0 aliphatic heterocycles. The Balaban J connectivity index is 1.76. The topological polar surface area (TPSA) is 172 Å². The van der Waals surface area contributed by atoms with E-state index >= 15 is 0 Å². The number of nitrogens with one attached hydrogen (secondary N) is 3. The number of imidazole rings is 1. The summed E-state index contributed by atoms with van der Waals surface area (Å²) in [5.41, 5.74) is 5.57. The summed E-state index contributed by atoms with van der Waals surface area (Å²) in [6.45, 7) is -0.0648. The maximum absolute atomic E-state index is 13.0. The molecule has 0 unspecified atom stereocenters. The van der Waals surface area contributed by atoms with Gasteiger partial charge in [-0.25, -0.2) is 9.78 Å². The Hall–Kier alpha value is -4.62. The van der Waals surface area contributed by atoms with Gasteiger partial charge in [-0.15, -0.1) is 0 Å². The van der Waals surface area contributed by atoms with Crippen molar-refractivity contribution in [1.82, 2.24) is 19.9 Å². The average molecular weight is 534 g/mol. The number of carbonyl (C=O) groups excluding carboxylic acids is 2. The molecule has 3 rings (SSSR count). The third kappa shape index (κ3) is 7.94. The second-order valence-corrected chi connectivity index (χ2v) is 8.34. The van der Waals surface area contributed by atoms with Gasteiger partial charge < -0.3 is 31.0 Å². The van der Waals surface area contributed by atoms with Gasteiger partial charge in [0.2, 0.25) is 11.8 Å². The van der Waals surface area contributed by atoms with Crippen LogP contribution in [0.1, 0.15) is 30.7 Å². The summed E-state index contributed by atoms with van der Waals surface area (Å²) in [5, 5.41) is 13.5. The highest BCUT2D eigenvalue weighted by atomic mass is 19.4. The van der Waals surface area contributed by atoms with Crippen LogP contribution < -0.4 is 21.9 Å². The third-order valence-electron chi connectivity index (χ3n) is 5.44. The number of rotatable bonds is 11. The van der Waals surface area contributed by atoms with Crippen LogP contribution in [-0.2, 0) is 22.6 Å². The lowest BCUT2D eigenvalue weighted by Gasteiger charge is -2.16. The van der Waals surface area contributed by atoms with E-state index in [1.54, 1.807) is 18.2 Å². The minimum Gasteiger partial charge on any atom is -0.465 e. The Bertz CT molecular complexity index is 1410. The molecule has 0 spiro atoms. The fourth-order valence-corrected chi connectivity index (χ4v) is 3.71. The molecule has 14 heteroatoms. The van der Waals surface area contributed by atoms with Crippen LogP contribution in [-0.4, -0.2) is 49.8 Å². The quantitative estimate of drug-likeness (QED) is 0.237. The van der Waals surface area contributed by atoms with Gasteiger partial charge >= 0.3 is 12.3 Å². The molecule has 38 heavy (non-hydrogen) atoms. The second-order valence-electron chi connectivity index (χ2n) is 8.34. The van der Waals surface area contributed by atoms with Crippen molar-refractivity contribution in [2.75, 3.05) is 5.32 Å². The van der Waals surface area contributed by atoms with E-state index in [-0.39, 0.29) is 31.5 Å². The zero-order chi connectivity index (χ0) is 27.9. The SMILES string of the molecule is NC(=O)/C=C/CC[C@H](NC(=O)O)C(=O)Nc1cccn(Cc2nc3c(CCC(F)(F)F)cccc3[nH]2)c1=O. The molecule has 0 aliphatic rings. The van der Waals surface area contributed by atoms with E-state index in [9.17, 15) is 32.3 Å². The normalized spacial score (nSPS) is 12.5. The molecule has 1 atom stereocenters. The number of hydrogen-bond donors (Lipinski definition) is 5. The number of benzene rings is 1.